The Bertz CT molecular complexity index is 569. The molecule has 1 aromatic rings. The molecular weight excluding hydrogens is 266 g/mol. The number of nitrogens with two attached hydrogens (primary N) is 1. The second-order valence-electron chi connectivity index (χ2n) is 3.85. The van der Waals surface area contributed by atoms with E-state index in [1.165, 1.54) is 23.5 Å². The minimum absolute atomic E-state index is 0.0338. The lowest BCUT2D eigenvalue weighted by Gasteiger charge is -1.94. The molecule has 100 valence electrons. The Kier molecular flexibility index (Phi) is 5.21. The fourth-order valence-electron chi connectivity index (χ4n) is 1.48. The molecule has 0 saturated carbocycles. The highest BCUT2D eigenvalue weighted by Crippen LogP contribution is 2.31. The Labute approximate surface area is 114 Å². The van der Waals surface area contributed by atoms with Crippen LogP contribution in [0.25, 0.3) is 6.08 Å². The second-order valence-corrected chi connectivity index (χ2v) is 5.02. The Morgan fingerprint density at radius 3 is 2.84 bits per heavy atom. The number of amides is 1. The quantitative estimate of drug-likeness (QED) is 0.373. The number of hydrogen-bond donors (Lipinski definition) is 1. The maximum absolute atomic E-state index is 10.9. The smallest absolute Gasteiger partial charge is 0.283 e. The molecule has 0 spiro atoms. The Hall–Kier alpha value is -2.20. The number of rotatable bonds is 6. The lowest BCUT2D eigenvalue weighted by atomic mass is 10.2. The van der Waals surface area contributed by atoms with E-state index in [0.29, 0.717) is 16.2 Å². The fraction of sp³-hybridized carbons (Fsp3) is 0.333. The number of thiophene rings is 1. The van der Waals surface area contributed by atoms with Crippen molar-refractivity contribution in [1.82, 2.24) is 0 Å². The van der Waals surface area contributed by atoms with Crippen LogP contribution >= 0.6 is 11.3 Å². The third-order valence-electron chi connectivity index (χ3n) is 2.43. The lowest BCUT2D eigenvalue weighted by molar-refractivity contribution is -0.385. The van der Waals surface area contributed by atoms with Crippen LogP contribution in [0, 0.1) is 21.4 Å². The number of carbonyl (C=O) groups excluding carboxylic acids is 1. The number of nitrogens with zero attached hydrogens (tertiary/aromatic N) is 2. The number of carbonyl (C=O) groups is 1. The molecule has 0 aliphatic heterocycles. The summed E-state index contributed by atoms with van der Waals surface area (Å²) in [6.45, 7) is 2.00. The molecule has 0 aliphatic carbocycles. The van der Waals surface area contributed by atoms with Crippen molar-refractivity contribution < 1.29 is 9.72 Å². The van der Waals surface area contributed by atoms with Crippen LogP contribution < -0.4 is 5.73 Å². The number of hydrogen-bond acceptors (Lipinski definition) is 5. The van der Waals surface area contributed by atoms with Gasteiger partial charge in [0.05, 0.1) is 9.80 Å². The number of nitro groups is 1. The molecule has 0 radical (unpaired) electrons. The molecule has 2 N–H and O–H groups in total. The first-order valence-corrected chi connectivity index (χ1v) is 6.50. The average molecular weight is 279 g/mol. The van der Waals surface area contributed by atoms with Gasteiger partial charge in [0.25, 0.3) is 11.6 Å². The normalized spacial score (nSPS) is 11.1. The van der Waals surface area contributed by atoms with Crippen LogP contribution in [0.4, 0.5) is 5.69 Å². The van der Waals surface area contributed by atoms with Crippen molar-refractivity contribution in [3.05, 3.63) is 31.5 Å². The predicted octanol–water partition coefficient (Wildman–Crippen LogP) is 2.39. The Morgan fingerprint density at radius 1 is 1.68 bits per heavy atom. The van der Waals surface area contributed by atoms with Crippen molar-refractivity contribution in [2.45, 2.75) is 26.2 Å². The molecule has 1 aromatic heterocycles. The highest BCUT2D eigenvalue weighted by atomic mass is 32.1. The zero-order valence-corrected chi connectivity index (χ0v) is 11.2. The molecule has 1 rings (SSSR count). The first-order chi connectivity index (χ1) is 8.99. The van der Waals surface area contributed by atoms with E-state index in [-0.39, 0.29) is 11.3 Å². The maximum atomic E-state index is 10.9. The van der Waals surface area contributed by atoms with Gasteiger partial charge in [-0.1, -0.05) is 13.3 Å². The summed E-state index contributed by atoms with van der Waals surface area (Å²) in [4.78, 5) is 22.6. The zero-order valence-electron chi connectivity index (χ0n) is 10.4. The van der Waals surface area contributed by atoms with E-state index in [4.69, 9.17) is 11.0 Å². The standard InChI is InChI=1S/C12H13N3O3S/c1-2-3-4-11-10(15(17)18)6-9(19-11)5-8(7-13)12(14)16/h5-6H,2-4H2,1H3,(H2,14,16). The van der Waals surface area contributed by atoms with Gasteiger partial charge in [-0.05, 0) is 18.9 Å². The monoisotopic (exact) mass is 279 g/mol. The molecule has 1 amide bonds. The van der Waals surface area contributed by atoms with Gasteiger partial charge in [0.15, 0.2) is 0 Å². The second kappa shape index (κ2) is 6.66. The van der Waals surface area contributed by atoms with Crippen LogP contribution in [-0.2, 0) is 11.2 Å². The summed E-state index contributed by atoms with van der Waals surface area (Å²) in [7, 11) is 0. The van der Waals surface area contributed by atoms with Gasteiger partial charge in [-0.2, -0.15) is 5.26 Å². The molecule has 0 unspecified atom stereocenters. The molecule has 0 aliphatic rings. The van der Waals surface area contributed by atoms with Crippen LogP contribution in [0.5, 0.6) is 0 Å². The highest BCUT2D eigenvalue weighted by Gasteiger charge is 2.18. The van der Waals surface area contributed by atoms with Gasteiger partial charge < -0.3 is 5.73 Å². The third kappa shape index (κ3) is 3.89. The molecule has 1 heterocycles. The van der Waals surface area contributed by atoms with Crippen LogP contribution in [0.3, 0.4) is 0 Å². The zero-order chi connectivity index (χ0) is 14.4. The maximum Gasteiger partial charge on any atom is 0.283 e. The van der Waals surface area contributed by atoms with E-state index >= 15 is 0 Å². The van der Waals surface area contributed by atoms with E-state index in [1.54, 1.807) is 6.07 Å². The van der Waals surface area contributed by atoms with Gasteiger partial charge in [-0.3, -0.25) is 14.9 Å². The Morgan fingerprint density at radius 2 is 2.37 bits per heavy atom. The summed E-state index contributed by atoms with van der Waals surface area (Å²) < 4.78 is 0. The van der Waals surface area contributed by atoms with Gasteiger partial charge in [0, 0.05) is 10.9 Å². The van der Waals surface area contributed by atoms with Crippen LogP contribution in [0.15, 0.2) is 11.6 Å². The fourth-order valence-corrected chi connectivity index (χ4v) is 2.60. The van der Waals surface area contributed by atoms with Gasteiger partial charge in [-0.15, -0.1) is 11.3 Å². The van der Waals surface area contributed by atoms with Crippen molar-refractivity contribution >= 4 is 29.0 Å². The summed E-state index contributed by atoms with van der Waals surface area (Å²) in [5.41, 5.74) is 4.84. The summed E-state index contributed by atoms with van der Waals surface area (Å²) >= 11 is 1.21. The summed E-state index contributed by atoms with van der Waals surface area (Å²) in [6.07, 6.45) is 3.69. The minimum atomic E-state index is -0.839. The van der Waals surface area contributed by atoms with Gasteiger partial charge in [0.1, 0.15) is 11.6 Å². The van der Waals surface area contributed by atoms with Gasteiger partial charge in [0.2, 0.25) is 0 Å². The highest BCUT2D eigenvalue weighted by molar-refractivity contribution is 7.13. The Balaban J connectivity index is 3.14. The number of aryl methyl sites for hydroxylation is 1. The van der Waals surface area contributed by atoms with E-state index in [0.717, 1.165) is 12.8 Å². The molecule has 0 fully saturated rings. The van der Waals surface area contributed by atoms with Crippen molar-refractivity contribution in [2.75, 3.05) is 0 Å². The summed E-state index contributed by atoms with van der Waals surface area (Å²) in [5.74, 6) is -0.839. The molecule has 0 aromatic carbocycles. The lowest BCUT2D eigenvalue weighted by Crippen LogP contribution is -2.12. The third-order valence-corrected chi connectivity index (χ3v) is 3.56. The molecule has 0 saturated heterocycles. The van der Waals surface area contributed by atoms with Crippen LogP contribution in [0.2, 0.25) is 0 Å². The molecule has 0 atom stereocenters. The van der Waals surface area contributed by atoms with Crippen LogP contribution in [-0.4, -0.2) is 10.8 Å². The number of primary amides is 1. The summed E-state index contributed by atoms with van der Waals surface area (Å²) in [6, 6.07) is 3.05. The minimum Gasteiger partial charge on any atom is -0.365 e. The molecular formula is C12H13N3O3S. The van der Waals surface area contributed by atoms with Gasteiger partial charge >= 0.3 is 0 Å². The van der Waals surface area contributed by atoms with E-state index in [1.807, 2.05) is 6.92 Å². The van der Waals surface area contributed by atoms with Crippen molar-refractivity contribution in [1.29, 1.82) is 5.26 Å². The summed E-state index contributed by atoms with van der Waals surface area (Å²) in [5, 5.41) is 19.7. The molecule has 0 bridgehead atoms. The van der Waals surface area contributed by atoms with Crippen LogP contribution in [0.1, 0.15) is 29.5 Å². The molecule has 19 heavy (non-hydrogen) atoms. The van der Waals surface area contributed by atoms with E-state index in [2.05, 4.69) is 0 Å². The van der Waals surface area contributed by atoms with E-state index in [9.17, 15) is 14.9 Å². The number of nitriles is 1. The predicted molar refractivity (Wildman–Crippen MR) is 72.4 cm³/mol. The van der Waals surface area contributed by atoms with Crippen molar-refractivity contribution in [3.8, 4) is 6.07 Å². The topological polar surface area (TPSA) is 110 Å². The molecule has 7 heteroatoms. The number of unbranched alkanes of at least 4 members (excludes halogenated alkanes) is 1. The first kappa shape index (κ1) is 14.9. The molecule has 6 nitrogen and oxygen atoms in total. The SMILES string of the molecule is CCCCc1sc(C=C(C#N)C(N)=O)cc1[N+](=O)[O-]. The largest absolute Gasteiger partial charge is 0.365 e. The first-order valence-electron chi connectivity index (χ1n) is 5.68. The van der Waals surface area contributed by atoms with E-state index < -0.39 is 10.8 Å². The van der Waals surface area contributed by atoms with Gasteiger partial charge in [-0.25, -0.2) is 0 Å². The van der Waals surface area contributed by atoms with Crippen molar-refractivity contribution in [2.24, 2.45) is 5.73 Å². The van der Waals surface area contributed by atoms with Crippen molar-refractivity contribution in [3.63, 3.8) is 0 Å². The average Bonchev–Trinajstić information content (AvgIpc) is 2.76.